The van der Waals surface area contributed by atoms with Crippen molar-refractivity contribution in [2.24, 2.45) is 0 Å². The molecule has 0 fully saturated rings. The molecule has 1 aliphatic heterocycles. The number of carbonyl (C=O) groups excluding carboxylic acids is 1. The molecule has 0 saturated heterocycles. The van der Waals surface area contributed by atoms with Crippen molar-refractivity contribution in [3.63, 3.8) is 0 Å². The molecular weight excluding hydrogens is 393 g/mol. The Morgan fingerprint density at radius 3 is 2.46 bits per heavy atom. The van der Waals surface area contributed by atoms with Gasteiger partial charge in [0.15, 0.2) is 16.7 Å². The maximum Gasteiger partial charge on any atom is 0.586 e. The Balaban J connectivity index is 2.24. The second kappa shape index (κ2) is 6.78. The van der Waals surface area contributed by atoms with Crippen molar-refractivity contribution in [2.45, 2.75) is 31.1 Å². The lowest BCUT2D eigenvalue weighted by molar-refractivity contribution is -0.286. The average Bonchev–Trinajstić information content (AvgIpc) is 2.76. The fourth-order valence-electron chi connectivity index (χ4n) is 2.02. The Kier molecular flexibility index (Phi) is 5.21. The quantitative estimate of drug-likeness (QED) is 0.578. The van der Waals surface area contributed by atoms with Gasteiger partial charge in [-0.2, -0.15) is 13.2 Å². The van der Waals surface area contributed by atoms with Crippen molar-refractivity contribution >= 4 is 21.7 Å². The Labute approximate surface area is 144 Å². The van der Waals surface area contributed by atoms with Crippen molar-refractivity contribution in [2.75, 3.05) is 11.3 Å². The van der Waals surface area contributed by atoms with Gasteiger partial charge in [-0.25, -0.2) is 8.42 Å². The van der Waals surface area contributed by atoms with Gasteiger partial charge in [0.2, 0.25) is 10.0 Å². The third-order valence-electron chi connectivity index (χ3n) is 3.06. The zero-order valence-electron chi connectivity index (χ0n) is 13.0. The number of sulfonamides is 1. The molecule has 1 aromatic rings. The van der Waals surface area contributed by atoms with Gasteiger partial charge < -0.3 is 14.2 Å². The van der Waals surface area contributed by atoms with Crippen molar-refractivity contribution in [3.05, 3.63) is 18.2 Å². The minimum Gasteiger partial charge on any atom is -0.466 e. The van der Waals surface area contributed by atoms with E-state index in [1.54, 1.807) is 4.72 Å². The van der Waals surface area contributed by atoms with Crippen molar-refractivity contribution in [3.8, 4) is 11.5 Å². The lowest BCUT2D eigenvalue weighted by Crippen LogP contribution is -2.42. The number of fused-ring (bicyclic) bond motifs is 1. The Morgan fingerprint density at radius 1 is 1.27 bits per heavy atom. The molecule has 0 radical (unpaired) electrons. The molecular formula is C13H12F5NO6S. The summed E-state index contributed by atoms with van der Waals surface area (Å²) in [6.45, 7) is 1.11. The van der Waals surface area contributed by atoms with Gasteiger partial charge in [-0.3, -0.25) is 9.52 Å². The Hall–Kier alpha value is -2.31. The standard InChI is InChI=1S/C13H12F5NO6S/c1-2-23-11(20)6-10(12(14,15)16)26(21,22)19-7-3-4-8-9(5-7)25-13(17,18)24-8/h3-5,10,19H,2,6H2,1H3/t10-/m0/s1. The summed E-state index contributed by atoms with van der Waals surface area (Å²) in [5.41, 5.74) is -0.483. The number of esters is 1. The van der Waals surface area contributed by atoms with Crippen LogP contribution >= 0.6 is 0 Å². The number of carbonyl (C=O) groups is 1. The Bertz CT molecular complexity index is 795. The van der Waals surface area contributed by atoms with Crippen LogP contribution in [-0.4, -0.2) is 38.7 Å². The van der Waals surface area contributed by atoms with Crippen LogP contribution in [0, 0.1) is 0 Å². The predicted molar refractivity (Wildman–Crippen MR) is 76.3 cm³/mol. The van der Waals surface area contributed by atoms with Crippen LogP contribution in [0.3, 0.4) is 0 Å². The van der Waals surface area contributed by atoms with Gasteiger partial charge >= 0.3 is 18.4 Å². The molecule has 0 aliphatic carbocycles. The number of ether oxygens (including phenoxy) is 3. The highest BCUT2D eigenvalue weighted by molar-refractivity contribution is 7.93. The lowest BCUT2D eigenvalue weighted by atomic mass is 10.3. The zero-order valence-corrected chi connectivity index (χ0v) is 13.8. The Morgan fingerprint density at radius 2 is 1.88 bits per heavy atom. The third-order valence-corrected chi connectivity index (χ3v) is 4.76. The molecule has 0 bridgehead atoms. The summed E-state index contributed by atoms with van der Waals surface area (Å²) in [5, 5.41) is -3.10. The van der Waals surface area contributed by atoms with Crippen molar-refractivity contribution in [1.82, 2.24) is 0 Å². The van der Waals surface area contributed by atoms with Gasteiger partial charge in [0, 0.05) is 6.07 Å². The molecule has 13 heteroatoms. The molecule has 1 aromatic carbocycles. The summed E-state index contributed by atoms with van der Waals surface area (Å²) < 4.78 is 103. The third kappa shape index (κ3) is 4.65. The molecule has 2 rings (SSSR count). The average molecular weight is 405 g/mol. The first-order valence-corrected chi connectivity index (χ1v) is 8.52. The number of hydrogen-bond donors (Lipinski definition) is 1. The van der Waals surface area contributed by atoms with Gasteiger partial charge in [-0.1, -0.05) is 0 Å². The molecule has 0 aromatic heterocycles. The van der Waals surface area contributed by atoms with E-state index >= 15 is 0 Å². The molecule has 1 heterocycles. The second-order valence-electron chi connectivity index (χ2n) is 5.02. The summed E-state index contributed by atoms with van der Waals surface area (Å²) >= 11 is 0. The largest absolute Gasteiger partial charge is 0.586 e. The van der Waals surface area contributed by atoms with Crippen molar-refractivity contribution in [1.29, 1.82) is 0 Å². The van der Waals surface area contributed by atoms with Crippen LogP contribution in [-0.2, 0) is 19.6 Å². The van der Waals surface area contributed by atoms with Crippen molar-refractivity contribution < 1.29 is 49.4 Å². The number of anilines is 1. The van der Waals surface area contributed by atoms with Gasteiger partial charge in [0.25, 0.3) is 0 Å². The van der Waals surface area contributed by atoms with Crippen LogP contribution < -0.4 is 14.2 Å². The monoisotopic (exact) mass is 405 g/mol. The lowest BCUT2D eigenvalue weighted by Gasteiger charge is -2.20. The van der Waals surface area contributed by atoms with E-state index in [-0.39, 0.29) is 6.61 Å². The zero-order chi connectivity index (χ0) is 19.8. The molecule has 0 saturated carbocycles. The summed E-state index contributed by atoms with van der Waals surface area (Å²) in [6, 6.07) is 2.52. The van der Waals surface area contributed by atoms with Gasteiger partial charge in [-0.05, 0) is 19.1 Å². The maximum atomic E-state index is 13.1. The molecule has 1 aliphatic rings. The summed E-state index contributed by atoms with van der Waals surface area (Å²) in [4.78, 5) is 11.3. The van der Waals surface area contributed by atoms with Crippen LogP contribution in [0.4, 0.5) is 27.6 Å². The van der Waals surface area contributed by atoms with Gasteiger partial charge in [-0.15, -0.1) is 8.78 Å². The molecule has 1 atom stereocenters. The first kappa shape index (κ1) is 20.0. The SMILES string of the molecule is CCOC(=O)C[C@@H](C(F)(F)F)S(=O)(=O)Nc1ccc2c(c1)OC(F)(F)O2. The first-order chi connectivity index (χ1) is 11.8. The minimum atomic E-state index is -5.28. The van der Waals surface area contributed by atoms with Gasteiger partial charge in [0.05, 0.1) is 18.7 Å². The fraction of sp³-hybridized carbons (Fsp3) is 0.462. The molecule has 0 spiro atoms. The summed E-state index contributed by atoms with van der Waals surface area (Å²) in [7, 11) is -5.15. The number of halogens is 5. The fourth-order valence-corrected chi connectivity index (χ4v) is 3.33. The molecule has 0 amide bonds. The molecule has 26 heavy (non-hydrogen) atoms. The van der Waals surface area contributed by atoms with E-state index in [2.05, 4.69) is 14.2 Å². The van der Waals surface area contributed by atoms with E-state index in [1.807, 2.05) is 0 Å². The normalized spacial score (nSPS) is 16.8. The number of rotatable bonds is 6. The number of benzene rings is 1. The number of hydrogen-bond acceptors (Lipinski definition) is 6. The highest BCUT2D eigenvalue weighted by Gasteiger charge is 2.50. The highest BCUT2D eigenvalue weighted by atomic mass is 32.2. The van der Waals surface area contributed by atoms with Gasteiger partial charge in [0.1, 0.15) is 0 Å². The van der Waals surface area contributed by atoms with Crippen LogP contribution in [0.1, 0.15) is 13.3 Å². The second-order valence-corrected chi connectivity index (χ2v) is 6.88. The molecule has 0 unspecified atom stereocenters. The highest BCUT2D eigenvalue weighted by Crippen LogP contribution is 2.42. The van der Waals surface area contributed by atoms with E-state index < -0.39 is 57.3 Å². The minimum absolute atomic E-state index is 0.229. The maximum absolute atomic E-state index is 13.1. The number of nitrogens with one attached hydrogen (secondary N) is 1. The van der Waals surface area contributed by atoms with E-state index in [9.17, 15) is 35.2 Å². The van der Waals surface area contributed by atoms with E-state index in [0.29, 0.717) is 0 Å². The van der Waals surface area contributed by atoms with Crippen LogP contribution in [0.5, 0.6) is 11.5 Å². The topological polar surface area (TPSA) is 90.9 Å². The smallest absolute Gasteiger partial charge is 0.466 e. The van der Waals surface area contributed by atoms with E-state index in [1.165, 1.54) is 6.92 Å². The van der Waals surface area contributed by atoms with E-state index in [0.717, 1.165) is 18.2 Å². The summed E-state index contributed by atoms with van der Waals surface area (Å²) in [5.74, 6) is -2.34. The van der Waals surface area contributed by atoms with Crippen LogP contribution in [0.2, 0.25) is 0 Å². The molecule has 1 N–H and O–H groups in total. The number of alkyl halides is 5. The summed E-state index contributed by atoms with van der Waals surface area (Å²) in [6.07, 6.45) is -10.7. The first-order valence-electron chi connectivity index (χ1n) is 6.98. The van der Waals surface area contributed by atoms with Crippen LogP contribution in [0.15, 0.2) is 18.2 Å². The van der Waals surface area contributed by atoms with E-state index in [4.69, 9.17) is 0 Å². The predicted octanol–water partition coefficient (Wildman–Crippen LogP) is 2.63. The van der Waals surface area contributed by atoms with Crippen LogP contribution in [0.25, 0.3) is 0 Å². The molecule has 146 valence electrons. The molecule has 7 nitrogen and oxygen atoms in total.